The van der Waals surface area contributed by atoms with Crippen LogP contribution in [0.15, 0.2) is 30.6 Å². The van der Waals surface area contributed by atoms with E-state index in [0.717, 1.165) is 38.0 Å². The van der Waals surface area contributed by atoms with E-state index < -0.39 is 12.1 Å². The second-order valence-corrected chi connectivity index (χ2v) is 7.35. The second kappa shape index (κ2) is 9.22. The third kappa shape index (κ3) is 5.76. The van der Waals surface area contributed by atoms with Crippen molar-refractivity contribution in [2.24, 2.45) is 0 Å². The van der Waals surface area contributed by atoms with Crippen molar-refractivity contribution in [3.8, 4) is 6.07 Å². The van der Waals surface area contributed by atoms with Crippen molar-refractivity contribution in [3.05, 3.63) is 58.7 Å². The number of nitrogens with zero attached hydrogens (tertiary/aromatic N) is 4. The van der Waals surface area contributed by atoms with Crippen molar-refractivity contribution in [3.63, 3.8) is 0 Å². The Morgan fingerprint density at radius 1 is 1.23 bits per heavy atom. The van der Waals surface area contributed by atoms with E-state index in [2.05, 4.69) is 27.0 Å². The first-order valence-electron chi connectivity index (χ1n) is 9.62. The first-order chi connectivity index (χ1) is 14.3. The SMILES string of the molecule is N#Cc1cccc(CN2CCc3ncnc(C4CC4)c3CC2)c1.O=C(O)C(F)(F)F. The summed E-state index contributed by atoms with van der Waals surface area (Å²) >= 11 is 0. The van der Waals surface area contributed by atoms with Crippen molar-refractivity contribution in [2.75, 3.05) is 13.1 Å². The lowest BCUT2D eigenvalue weighted by Crippen LogP contribution is -2.26. The lowest BCUT2D eigenvalue weighted by Gasteiger charge is -2.19. The van der Waals surface area contributed by atoms with Crippen LogP contribution in [0, 0.1) is 11.3 Å². The molecule has 0 spiro atoms. The fraction of sp³-hybridized carbons (Fsp3) is 0.429. The molecule has 2 aromatic rings. The van der Waals surface area contributed by atoms with Gasteiger partial charge in [0.2, 0.25) is 0 Å². The topological polar surface area (TPSA) is 90.1 Å². The van der Waals surface area contributed by atoms with Gasteiger partial charge in [0.25, 0.3) is 0 Å². The van der Waals surface area contributed by atoms with Gasteiger partial charge in [0.05, 0.1) is 17.3 Å². The minimum absolute atomic E-state index is 0.686. The van der Waals surface area contributed by atoms with Gasteiger partial charge in [0.15, 0.2) is 0 Å². The minimum atomic E-state index is -5.08. The molecule has 4 rings (SSSR count). The Labute approximate surface area is 172 Å². The van der Waals surface area contributed by atoms with Gasteiger partial charge in [-0.1, -0.05) is 12.1 Å². The van der Waals surface area contributed by atoms with Gasteiger partial charge in [0, 0.05) is 37.7 Å². The highest BCUT2D eigenvalue weighted by atomic mass is 19.4. The molecule has 6 nitrogen and oxygen atoms in total. The van der Waals surface area contributed by atoms with Crippen LogP contribution >= 0.6 is 0 Å². The molecule has 0 atom stereocenters. The molecule has 0 amide bonds. The number of carbonyl (C=O) groups is 1. The second-order valence-electron chi connectivity index (χ2n) is 7.35. The van der Waals surface area contributed by atoms with E-state index >= 15 is 0 Å². The van der Waals surface area contributed by atoms with Crippen molar-refractivity contribution in [1.29, 1.82) is 5.26 Å². The zero-order chi connectivity index (χ0) is 21.7. The van der Waals surface area contributed by atoms with Gasteiger partial charge in [-0.2, -0.15) is 18.4 Å². The minimum Gasteiger partial charge on any atom is -0.475 e. The highest BCUT2D eigenvalue weighted by Gasteiger charge is 2.38. The Morgan fingerprint density at radius 3 is 2.57 bits per heavy atom. The van der Waals surface area contributed by atoms with E-state index in [4.69, 9.17) is 15.2 Å². The first kappa shape index (κ1) is 21.7. The van der Waals surface area contributed by atoms with Crippen LogP contribution in [-0.4, -0.2) is 45.2 Å². The number of fused-ring (bicyclic) bond motifs is 1. The number of hydrogen-bond acceptors (Lipinski definition) is 5. The lowest BCUT2D eigenvalue weighted by atomic mass is 10.0. The van der Waals surface area contributed by atoms with Gasteiger partial charge < -0.3 is 5.11 Å². The van der Waals surface area contributed by atoms with Gasteiger partial charge in [0.1, 0.15) is 6.33 Å². The predicted octanol–water partition coefficient (Wildman–Crippen LogP) is 3.46. The van der Waals surface area contributed by atoms with Crippen molar-refractivity contribution in [1.82, 2.24) is 14.9 Å². The van der Waals surface area contributed by atoms with Gasteiger partial charge in [-0.3, -0.25) is 4.90 Å². The number of hydrogen-bond donors (Lipinski definition) is 1. The number of carboxylic acid groups (broad SMARTS) is 1. The summed E-state index contributed by atoms with van der Waals surface area (Å²) in [5.41, 5.74) is 5.91. The standard InChI is InChI=1S/C19H20N4.C2HF3O2/c20-11-14-2-1-3-15(10-14)12-23-8-6-17-18(7-9-23)21-13-22-19(17)16-4-5-16;3-2(4,5)1(6)7/h1-3,10,13,16H,4-9,12H2;(H,6,7). The Balaban J connectivity index is 0.000000318. The van der Waals surface area contributed by atoms with Crippen LogP contribution in [0.1, 0.15) is 46.8 Å². The first-order valence-corrected chi connectivity index (χ1v) is 9.62. The third-order valence-corrected chi connectivity index (χ3v) is 5.08. The highest BCUT2D eigenvalue weighted by Crippen LogP contribution is 2.41. The van der Waals surface area contributed by atoms with Gasteiger partial charge >= 0.3 is 12.1 Å². The van der Waals surface area contributed by atoms with Crippen LogP contribution < -0.4 is 0 Å². The van der Waals surface area contributed by atoms with Crippen LogP contribution in [-0.2, 0) is 24.2 Å². The summed E-state index contributed by atoms with van der Waals surface area (Å²) in [5.74, 6) is -2.07. The average Bonchev–Trinajstić information content (AvgIpc) is 3.56. The smallest absolute Gasteiger partial charge is 0.475 e. The molecule has 1 aromatic carbocycles. The average molecular weight is 418 g/mol. The summed E-state index contributed by atoms with van der Waals surface area (Å²) in [5, 5.41) is 16.2. The number of rotatable bonds is 3. The molecule has 1 aliphatic carbocycles. The molecule has 158 valence electrons. The number of benzene rings is 1. The van der Waals surface area contributed by atoms with Gasteiger partial charge in [-0.25, -0.2) is 14.8 Å². The lowest BCUT2D eigenvalue weighted by molar-refractivity contribution is -0.192. The summed E-state index contributed by atoms with van der Waals surface area (Å²) in [6, 6.07) is 10.1. The van der Waals surface area contributed by atoms with Crippen LogP contribution in [0.5, 0.6) is 0 Å². The molecular weight excluding hydrogens is 397 g/mol. The zero-order valence-corrected chi connectivity index (χ0v) is 16.2. The Morgan fingerprint density at radius 2 is 1.93 bits per heavy atom. The maximum absolute atomic E-state index is 10.6. The number of aromatic nitrogens is 2. The molecule has 0 unspecified atom stereocenters. The Bertz CT molecular complexity index is 952. The predicted molar refractivity (Wildman–Crippen MR) is 102 cm³/mol. The largest absolute Gasteiger partial charge is 0.490 e. The molecule has 0 saturated heterocycles. The van der Waals surface area contributed by atoms with Crippen LogP contribution in [0.25, 0.3) is 0 Å². The molecule has 1 N–H and O–H groups in total. The van der Waals surface area contributed by atoms with E-state index in [9.17, 15) is 13.2 Å². The number of alkyl halides is 3. The van der Waals surface area contributed by atoms with Gasteiger partial charge in [-0.05, 0) is 42.5 Å². The van der Waals surface area contributed by atoms with E-state index in [0.29, 0.717) is 5.92 Å². The van der Waals surface area contributed by atoms with Gasteiger partial charge in [-0.15, -0.1) is 0 Å². The monoisotopic (exact) mass is 418 g/mol. The molecule has 9 heteroatoms. The molecular formula is C21H21F3N4O2. The van der Waals surface area contributed by atoms with Crippen molar-refractivity contribution < 1.29 is 23.1 Å². The summed E-state index contributed by atoms with van der Waals surface area (Å²) < 4.78 is 31.7. The number of halogens is 3. The fourth-order valence-electron chi connectivity index (χ4n) is 3.46. The molecule has 1 aliphatic heterocycles. The van der Waals surface area contributed by atoms with Crippen molar-refractivity contribution in [2.45, 2.75) is 44.3 Å². The maximum Gasteiger partial charge on any atom is 0.490 e. The molecule has 0 radical (unpaired) electrons. The van der Waals surface area contributed by atoms with Crippen LogP contribution in [0.3, 0.4) is 0 Å². The quantitative estimate of drug-likeness (QED) is 0.821. The number of aliphatic carboxylic acids is 1. The molecule has 1 aromatic heterocycles. The van der Waals surface area contributed by atoms with E-state index in [1.165, 1.54) is 35.4 Å². The maximum atomic E-state index is 10.6. The van der Waals surface area contributed by atoms with Crippen molar-refractivity contribution >= 4 is 5.97 Å². The number of carboxylic acids is 1. The van der Waals surface area contributed by atoms with E-state index in [1.807, 2.05) is 18.2 Å². The zero-order valence-electron chi connectivity index (χ0n) is 16.2. The van der Waals surface area contributed by atoms with E-state index in [-0.39, 0.29) is 0 Å². The summed E-state index contributed by atoms with van der Waals surface area (Å²) in [4.78, 5) is 20.5. The summed E-state index contributed by atoms with van der Waals surface area (Å²) in [6.45, 7) is 2.96. The molecule has 2 aliphatic rings. The van der Waals surface area contributed by atoms with Crippen LogP contribution in [0.2, 0.25) is 0 Å². The Hall–Kier alpha value is -2.99. The van der Waals surface area contributed by atoms with E-state index in [1.54, 1.807) is 6.33 Å². The number of nitriles is 1. The molecule has 0 bridgehead atoms. The molecule has 30 heavy (non-hydrogen) atoms. The summed E-state index contributed by atoms with van der Waals surface area (Å²) in [7, 11) is 0. The molecule has 2 heterocycles. The highest BCUT2D eigenvalue weighted by molar-refractivity contribution is 5.73. The third-order valence-electron chi connectivity index (χ3n) is 5.08. The summed E-state index contributed by atoms with van der Waals surface area (Å²) in [6.07, 6.45) is 1.27. The van der Waals surface area contributed by atoms with Crippen LogP contribution in [0.4, 0.5) is 13.2 Å². The molecule has 1 saturated carbocycles. The fourth-order valence-corrected chi connectivity index (χ4v) is 3.46. The molecule has 1 fully saturated rings. The Kier molecular flexibility index (Phi) is 6.67. The normalized spacial score (nSPS) is 16.5.